The molecule has 0 aliphatic carbocycles. The highest BCUT2D eigenvalue weighted by Gasteiger charge is 2.21. The van der Waals surface area contributed by atoms with Gasteiger partial charge in [-0.3, -0.25) is 0 Å². The Bertz CT molecular complexity index is 526. The Hall–Kier alpha value is -1.13. The van der Waals surface area contributed by atoms with Gasteiger partial charge in [0.15, 0.2) is 9.84 Å². The van der Waals surface area contributed by atoms with Crippen molar-refractivity contribution >= 4 is 9.84 Å². The molecule has 0 spiro atoms. The van der Waals surface area contributed by atoms with Crippen LogP contribution in [0.25, 0.3) is 0 Å². The predicted octanol–water partition coefficient (Wildman–Crippen LogP) is 1.70. The number of aryl methyl sites for hydroxylation is 2. The lowest BCUT2D eigenvalue weighted by atomic mass is 10.0. The van der Waals surface area contributed by atoms with E-state index in [-0.39, 0.29) is 11.8 Å². The molecule has 0 saturated carbocycles. The molecule has 0 bridgehead atoms. The Morgan fingerprint density at radius 3 is 2.47 bits per heavy atom. The molecule has 0 saturated heterocycles. The third-order valence-corrected chi connectivity index (χ3v) is 4.51. The van der Waals surface area contributed by atoms with E-state index in [4.69, 9.17) is 0 Å². The number of rotatable bonds is 3. The van der Waals surface area contributed by atoms with Gasteiger partial charge >= 0.3 is 0 Å². The third-order valence-electron chi connectivity index (χ3n) is 3.12. The number of sulfone groups is 1. The first-order valence-corrected chi connectivity index (χ1v) is 7.39. The SMILES string of the molecule is Cc1cccc(C)c1CNC1C=CS(=O)(=O)C1. The van der Waals surface area contributed by atoms with Crippen molar-refractivity contribution in [3.63, 3.8) is 0 Å². The summed E-state index contributed by atoms with van der Waals surface area (Å²) in [6, 6.07) is 6.13. The molecule has 0 fully saturated rings. The lowest BCUT2D eigenvalue weighted by Crippen LogP contribution is -2.30. The van der Waals surface area contributed by atoms with E-state index < -0.39 is 9.84 Å². The molecule has 1 unspecified atom stereocenters. The third kappa shape index (κ3) is 2.96. The van der Waals surface area contributed by atoms with Gasteiger partial charge in [-0.05, 0) is 30.5 Å². The summed E-state index contributed by atoms with van der Waals surface area (Å²) >= 11 is 0. The average molecular weight is 251 g/mol. The molecule has 1 aromatic rings. The van der Waals surface area contributed by atoms with Gasteiger partial charge in [-0.1, -0.05) is 24.3 Å². The summed E-state index contributed by atoms with van der Waals surface area (Å²) in [7, 11) is -2.96. The smallest absolute Gasteiger partial charge is 0.173 e. The Kier molecular flexibility index (Phi) is 3.35. The molecule has 17 heavy (non-hydrogen) atoms. The number of hydrogen-bond donors (Lipinski definition) is 1. The fraction of sp³-hybridized carbons (Fsp3) is 0.385. The first-order valence-electron chi connectivity index (χ1n) is 5.67. The average Bonchev–Trinajstić information content (AvgIpc) is 2.57. The van der Waals surface area contributed by atoms with E-state index in [9.17, 15) is 8.42 Å². The Balaban J connectivity index is 2.02. The van der Waals surface area contributed by atoms with Gasteiger partial charge < -0.3 is 5.32 Å². The van der Waals surface area contributed by atoms with Crippen LogP contribution in [0.4, 0.5) is 0 Å². The molecule has 92 valence electrons. The molecule has 1 heterocycles. The minimum Gasteiger partial charge on any atom is -0.305 e. The first-order chi connectivity index (χ1) is 7.98. The molecule has 1 aromatic carbocycles. The van der Waals surface area contributed by atoms with E-state index >= 15 is 0 Å². The number of benzene rings is 1. The van der Waals surface area contributed by atoms with E-state index in [1.165, 1.54) is 22.1 Å². The Morgan fingerprint density at radius 2 is 1.94 bits per heavy atom. The predicted molar refractivity (Wildman–Crippen MR) is 69.5 cm³/mol. The lowest BCUT2D eigenvalue weighted by molar-refractivity contribution is 0.589. The molecule has 0 amide bonds. The quantitative estimate of drug-likeness (QED) is 0.889. The zero-order valence-corrected chi connectivity index (χ0v) is 10.9. The Morgan fingerprint density at radius 1 is 1.29 bits per heavy atom. The molecule has 1 aliphatic rings. The summed E-state index contributed by atoms with van der Waals surface area (Å²) in [5.41, 5.74) is 3.73. The van der Waals surface area contributed by atoms with Crippen molar-refractivity contribution in [1.82, 2.24) is 5.32 Å². The fourth-order valence-corrected chi connectivity index (χ4v) is 3.33. The molecule has 1 atom stereocenters. The van der Waals surface area contributed by atoms with Gasteiger partial charge in [0.25, 0.3) is 0 Å². The molecule has 3 nitrogen and oxygen atoms in total. The molecule has 0 radical (unpaired) electrons. The highest BCUT2D eigenvalue weighted by Crippen LogP contribution is 2.14. The van der Waals surface area contributed by atoms with E-state index in [0.29, 0.717) is 6.54 Å². The van der Waals surface area contributed by atoms with Crippen molar-refractivity contribution in [2.24, 2.45) is 0 Å². The molecular formula is C13H17NO2S. The largest absolute Gasteiger partial charge is 0.305 e. The fourth-order valence-electron chi connectivity index (χ4n) is 2.06. The normalized spacial score (nSPS) is 21.9. The zero-order valence-electron chi connectivity index (χ0n) is 10.1. The van der Waals surface area contributed by atoms with Crippen molar-refractivity contribution in [3.05, 3.63) is 46.4 Å². The maximum Gasteiger partial charge on any atom is 0.173 e. The monoisotopic (exact) mass is 251 g/mol. The van der Waals surface area contributed by atoms with Crippen LogP contribution in [0.1, 0.15) is 16.7 Å². The van der Waals surface area contributed by atoms with Gasteiger partial charge in [0, 0.05) is 18.0 Å². The summed E-state index contributed by atoms with van der Waals surface area (Å²) in [6.45, 7) is 4.86. The van der Waals surface area contributed by atoms with Crippen LogP contribution >= 0.6 is 0 Å². The molecule has 1 aliphatic heterocycles. The van der Waals surface area contributed by atoms with Crippen molar-refractivity contribution in [2.45, 2.75) is 26.4 Å². The topological polar surface area (TPSA) is 46.2 Å². The van der Waals surface area contributed by atoms with E-state index in [2.05, 4.69) is 31.3 Å². The van der Waals surface area contributed by atoms with Crippen LogP contribution < -0.4 is 5.32 Å². The molecule has 4 heteroatoms. The molecular weight excluding hydrogens is 234 g/mol. The van der Waals surface area contributed by atoms with Gasteiger partial charge in [0.1, 0.15) is 0 Å². The zero-order chi connectivity index (χ0) is 12.5. The van der Waals surface area contributed by atoms with Crippen LogP contribution in [0.3, 0.4) is 0 Å². The van der Waals surface area contributed by atoms with Crippen LogP contribution in [0.5, 0.6) is 0 Å². The number of hydrogen-bond acceptors (Lipinski definition) is 3. The van der Waals surface area contributed by atoms with Crippen LogP contribution in [-0.4, -0.2) is 20.2 Å². The second-order valence-corrected chi connectivity index (χ2v) is 6.45. The molecule has 0 aromatic heterocycles. The second-order valence-electron chi connectivity index (χ2n) is 4.52. The maximum atomic E-state index is 11.3. The van der Waals surface area contributed by atoms with Crippen molar-refractivity contribution in [2.75, 3.05) is 5.75 Å². The summed E-state index contributed by atoms with van der Waals surface area (Å²) < 4.78 is 22.5. The summed E-state index contributed by atoms with van der Waals surface area (Å²) in [5.74, 6) is 0.179. The highest BCUT2D eigenvalue weighted by molar-refractivity contribution is 7.94. The van der Waals surface area contributed by atoms with Gasteiger partial charge in [-0.25, -0.2) is 8.42 Å². The van der Waals surface area contributed by atoms with Crippen LogP contribution in [0.2, 0.25) is 0 Å². The Labute approximate surface area is 102 Å². The summed E-state index contributed by atoms with van der Waals surface area (Å²) in [4.78, 5) is 0. The van der Waals surface area contributed by atoms with Crippen LogP contribution in [0, 0.1) is 13.8 Å². The second kappa shape index (κ2) is 4.63. The van der Waals surface area contributed by atoms with Crippen molar-refractivity contribution in [3.8, 4) is 0 Å². The first kappa shape index (κ1) is 12.3. The highest BCUT2D eigenvalue weighted by atomic mass is 32.2. The van der Waals surface area contributed by atoms with Crippen molar-refractivity contribution < 1.29 is 8.42 Å². The van der Waals surface area contributed by atoms with Gasteiger partial charge in [0.2, 0.25) is 0 Å². The lowest BCUT2D eigenvalue weighted by Gasteiger charge is -2.13. The van der Waals surface area contributed by atoms with E-state index in [1.54, 1.807) is 6.08 Å². The number of nitrogens with one attached hydrogen (secondary N) is 1. The molecule has 1 N–H and O–H groups in total. The minimum absolute atomic E-state index is 0.0565. The minimum atomic E-state index is -2.96. The van der Waals surface area contributed by atoms with Gasteiger partial charge in [0.05, 0.1) is 5.75 Å². The van der Waals surface area contributed by atoms with E-state index in [1.807, 2.05) is 6.07 Å². The summed E-state index contributed by atoms with van der Waals surface area (Å²) in [5, 5.41) is 4.57. The van der Waals surface area contributed by atoms with E-state index in [0.717, 1.165) is 0 Å². The van der Waals surface area contributed by atoms with Gasteiger partial charge in [-0.15, -0.1) is 0 Å². The standard InChI is InChI=1S/C13H17NO2S/c1-10-4-3-5-11(2)13(10)8-14-12-6-7-17(15,16)9-12/h3-7,12,14H,8-9H2,1-2H3. The van der Waals surface area contributed by atoms with Crippen LogP contribution in [-0.2, 0) is 16.4 Å². The molecule has 2 rings (SSSR count). The van der Waals surface area contributed by atoms with Gasteiger partial charge in [-0.2, -0.15) is 0 Å². The maximum absolute atomic E-state index is 11.3. The van der Waals surface area contributed by atoms with Crippen LogP contribution in [0.15, 0.2) is 29.7 Å². The summed E-state index contributed by atoms with van der Waals surface area (Å²) in [6.07, 6.45) is 1.73. The van der Waals surface area contributed by atoms with Crippen molar-refractivity contribution in [1.29, 1.82) is 0 Å².